The van der Waals surface area contributed by atoms with E-state index in [0.29, 0.717) is 41.4 Å². The van der Waals surface area contributed by atoms with E-state index in [1.165, 1.54) is 13.2 Å². The molecule has 5 aromatic rings. The molecule has 0 saturated carbocycles. The van der Waals surface area contributed by atoms with Gasteiger partial charge < -0.3 is 10.1 Å². The van der Waals surface area contributed by atoms with Crippen molar-refractivity contribution < 1.29 is 14.3 Å². The summed E-state index contributed by atoms with van der Waals surface area (Å²) in [4.78, 5) is 48.3. The Labute approximate surface area is 258 Å². The molecule has 1 aliphatic rings. The smallest absolute Gasteiger partial charge is 0.309 e. The van der Waals surface area contributed by atoms with Crippen molar-refractivity contribution in [2.45, 2.75) is 38.6 Å². The molecule has 0 fully saturated rings. The topological polar surface area (TPSA) is 121 Å². The summed E-state index contributed by atoms with van der Waals surface area (Å²) >= 11 is 6.39. The minimum absolute atomic E-state index is 0.0894. The number of aryl methyl sites for hydroxylation is 1. The van der Waals surface area contributed by atoms with E-state index in [0.717, 1.165) is 33.2 Å². The quantitative estimate of drug-likeness (QED) is 0.264. The highest BCUT2D eigenvalue weighted by Crippen LogP contribution is 2.34. The van der Waals surface area contributed by atoms with Crippen LogP contribution >= 0.6 is 11.6 Å². The number of benzene rings is 2. The summed E-state index contributed by atoms with van der Waals surface area (Å²) in [6.45, 7) is 1.89. The van der Waals surface area contributed by atoms with Gasteiger partial charge >= 0.3 is 5.97 Å². The van der Waals surface area contributed by atoms with E-state index in [-0.39, 0.29) is 29.8 Å². The molecule has 1 N–H and O–H groups in total. The maximum atomic E-state index is 13.7. The van der Waals surface area contributed by atoms with Gasteiger partial charge in [-0.3, -0.25) is 28.6 Å². The second kappa shape index (κ2) is 12.0. The van der Waals surface area contributed by atoms with Gasteiger partial charge in [-0.25, -0.2) is 4.98 Å². The number of rotatable bonds is 4. The van der Waals surface area contributed by atoms with Crippen LogP contribution in [0.25, 0.3) is 33.3 Å². The van der Waals surface area contributed by atoms with Gasteiger partial charge in [-0.1, -0.05) is 37.1 Å². The Bertz CT molecular complexity index is 1970. The summed E-state index contributed by atoms with van der Waals surface area (Å²) in [6.07, 6.45) is 6.97. The number of anilines is 1. The van der Waals surface area contributed by atoms with Gasteiger partial charge in [0.15, 0.2) is 0 Å². The van der Waals surface area contributed by atoms with Crippen LogP contribution in [0.4, 0.5) is 5.69 Å². The summed E-state index contributed by atoms with van der Waals surface area (Å²) < 4.78 is 8.18. The standard InChI is InChI=1S/C33H31ClN6O4/c1-19-5-4-6-29(40-18-36-26(16-30(40)41)25-15-23(34)13-22-17-37-39(2)32(22)25)28-14-21(9-10-35-28)24-8-7-20(12-31(42)44-3)11-27(24)38-33(19)43/h7-11,13-19,29H,4-6,12H2,1-3H3,(H,38,43)/t19-,29+/m1/s1. The van der Waals surface area contributed by atoms with Gasteiger partial charge in [0.2, 0.25) is 5.91 Å². The van der Waals surface area contributed by atoms with E-state index in [1.807, 2.05) is 50.4 Å². The number of halogens is 1. The largest absolute Gasteiger partial charge is 0.469 e. The number of nitrogens with zero attached hydrogens (tertiary/aromatic N) is 5. The number of pyridine rings is 1. The Kier molecular flexibility index (Phi) is 8.01. The lowest BCUT2D eigenvalue weighted by Gasteiger charge is -2.23. The maximum Gasteiger partial charge on any atom is 0.309 e. The van der Waals surface area contributed by atoms with E-state index in [9.17, 15) is 14.4 Å². The number of ether oxygens (including phenoxy) is 1. The maximum absolute atomic E-state index is 13.7. The number of hydrogen-bond acceptors (Lipinski definition) is 7. The lowest BCUT2D eigenvalue weighted by Crippen LogP contribution is -2.27. The lowest BCUT2D eigenvalue weighted by molar-refractivity contribution is -0.139. The van der Waals surface area contributed by atoms with E-state index in [4.69, 9.17) is 21.3 Å². The van der Waals surface area contributed by atoms with Gasteiger partial charge in [-0.2, -0.15) is 5.10 Å². The van der Waals surface area contributed by atoms with E-state index >= 15 is 0 Å². The molecule has 10 nitrogen and oxygen atoms in total. The normalized spacial score (nSPS) is 16.9. The molecule has 0 unspecified atom stereocenters. The van der Waals surface area contributed by atoms with Crippen molar-refractivity contribution in [3.8, 4) is 22.4 Å². The molecule has 11 heteroatoms. The molecule has 2 bridgehead atoms. The van der Waals surface area contributed by atoms with Crippen molar-refractivity contribution in [3.63, 3.8) is 0 Å². The second-order valence-corrected chi connectivity index (χ2v) is 11.6. The van der Waals surface area contributed by atoms with Crippen molar-refractivity contribution in [3.05, 3.63) is 93.9 Å². The Morgan fingerprint density at radius 2 is 1.91 bits per heavy atom. The molecular weight excluding hydrogens is 580 g/mol. The molecule has 1 aliphatic heterocycles. The molecule has 0 radical (unpaired) electrons. The molecule has 3 aromatic heterocycles. The van der Waals surface area contributed by atoms with Gasteiger partial charge in [-0.05, 0) is 54.3 Å². The Morgan fingerprint density at radius 3 is 2.70 bits per heavy atom. The molecule has 2 aromatic carbocycles. The van der Waals surface area contributed by atoms with E-state index < -0.39 is 6.04 Å². The number of fused-ring (bicyclic) bond motifs is 5. The van der Waals surface area contributed by atoms with E-state index in [2.05, 4.69) is 15.4 Å². The molecule has 44 heavy (non-hydrogen) atoms. The van der Waals surface area contributed by atoms with Gasteiger partial charge in [0.05, 0.1) is 49.0 Å². The van der Waals surface area contributed by atoms with Crippen LogP contribution in [0.3, 0.4) is 0 Å². The van der Waals surface area contributed by atoms with Gasteiger partial charge in [-0.15, -0.1) is 0 Å². The SMILES string of the molecule is COC(=O)Cc1ccc2c(c1)NC(=O)[C@H](C)CCC[C@H](n1cnc(-c3cc(Cl)cc4cnn(C)c34)cc1=O)c1cc-2ccn1. The number of hydrogen-bond donors (Lipinski definition) is 1. The molecule has 0 saturated heterocycles. The number of esters is 1. The predicted molar refractivity (Wildman–Crippen MR) is 168 cm³/mol. The minimum atomic E-state index is -0.406. The lowest BCUT2D eigenvalue weighted by atomic mass is 9.94. The fourth-order valence-corrected chi connectivity index (χ4v) is 6.03. The van der Waals surface area contributed by atoms with Crippen LogP contribution in [0.2, 0.25) is 5.02 Å². The van der Waals surface area contributed by atoms with Crippen LogP contribution in [-0.4, -0.2) is 43.3 Å². The number of nitrogens with one attached hydrogen (secondary N) is 1. The van der Waals surface area contributed by atoms with E-state index in [1.54, 1.807) is 34.0 Å². The average molecular weight is 611 g/mol. The number of amides is 1. The Morgan fingerprint density at radius 1 is 1.07 bits per heavy atom. The zero-order valence-corrected chi connectivity index (χ0v) is 25.3. The molecule has 1 amide bonds. The summed E-state index contributed by atoms with van der Waals surface area (Å²) in [5, 5.41) is 8.80. The molecule has 0 spiro atoms. The molecule has 4 heterocycles. The average Bonchev–Trinajstić information content (AvgIpc) is 3.38. The Hall–Kier alpha value is -4.83. The van der Waals surface area contributed by atoms with Crippen LogP contribution < -0.4 is 10.9 Å². The molecule has 0 aliphatic carbocycles. The molecule has 224 valence electrons. The van der Waals surface area contributed by atoms with Crippen LogP contribution in [0.5, 0.6) is 0 Å². The number of carbonyl (C=O) groups is 2. The molecule has 6 rings (SSSR count). The zero-order valence-electron chi connectivity index (χ0n) is 24.6. The summed E-state index contributed by atoms with van der Waals surface area (Å²) in [6, 6.07) is 14.1. The number of aromatic nitrogens is 5. The van der Waals surface area contributed by atoms with Crippen molar-refractivity contribution in [1.29, 1.82) is 0 Å². The third-order valence-electron chi connectivity index (χ3n) is 8.16. The first kappa shape index (κ1) is 29.3. The summed E-state index contributed by atoms with van der Waals surface area (Å²) in [7, 11) is 3.18. The van der Waals surface area contributed by atoms with Gasteiger partial charge in [0.1, 0.15) is 0 Å². The molecule has 2 atom stereocenters. The highest BCUT2D eigenvalue weighted by molar-refractivity contribution is 6.31. The van der Waals surface area contributed by atoms with Crippen molar-refractivity contribution >= 4 is 40.1 Å². The zero-order chi connectivity index (χ0) is 31.0. The van der Waals surface area contributed by atoms with Crippen molar-refractivity contribution in [1.82, 2.24) is 24.3 Å². The highest BCUT2D eigenvalue weighted by atomic mass is 35.5. The second-order valence-electron chi connectivity index (χ2n) is 11.1. The third-order valence-corrected chi connectivity index (χ3v) is 8.38. The van der Waals surface area contributed by atoms with Crippen LogP contribution in [0.15, 0.2) is 72.0 Å². The van der Waals surface area contributed by atoms with Gasteiger partial charge in [0.25, 0.3) is 5.56 Å². The predicted octanol–water partition coefficient (Wildman–Crippen LogP) is 5.58. The first-order valence-corrected chi connectivity index (χ1v) is 14.8. The fraction of sp³-hybridized carbons (Fsp3) is 0.273. The van der Waals surface area contributed by atoms with Crippen molar-refractivity contribution in [2.75, 3.05) is 12.4 Å². The minimum Gasteiger partial charge on any atom is -0.469 e. The molecular formula is C33H31ClN6O4. The first-order valence-electron chi connectivity index (χ1n) is 14.4. The fourth-order valence-electron chi connectivity index (χ4n) is 5.80. The third kappa shape index (κ3) is 5.72. The number of methoxy groups -OCH3 is 1. The summed E-state index contributed by atoms with van der Waals surface area (Å²) in [5.74, 6) is -0.754. The van der Waals surface area contributed by atoms with Crippen LogP contribution in [0.1, 0.15) is 43.5 Å². The Balaban J connectivity index is 1.43. The van der Waals surface area contributed by atoms with Crippen LogP contribution in [0, 0.1) is 5.92 Å². The number of carbonyl (C=O) groups excluding carboxylic acids is 2. The first-order chi connectivity index (χ1) is 21.2. The highest BCUT2D eigenvalue weighted by Gasteiger charge is 2.23. The van der Waals surface area contributed by atoms with Crippen LogP contribution in [-0.2, 0) is 27.8 Å². The summed E-state index contributed by atoms with van der Waals surface area (Å²) in [5.41, 5.74) is 5.46. The van der Waals surface area contributed by atoms with Crippen molar-refractivity contribution in [2.24, 2.45) is 13.0 Å². The monoisotopic (exact) mass is 610 g/mol. The van der Waals surface area contributed by atoms with Gasteiger partial charge in [0, 0.05) is 52.5 Å².